The van der Waals surface area contributed by atoms with E-state index in [4.69, 9.17) is 10.5 Å². The SMILES string of the molecule is CCOc1cc(NC)c(N)cc1Br. The molecule has 1 aromatic rings. The van der Waals surface area contributed by atoms with Crippen molar-refractivity contribution >= 4 is 27.3 Å². The van der Waals surface area contributed by atoms with Crippen LogP contribution in [-0.4, -0.2) is 13.7 Å². The van der Waals surface area contributed by atoms with Crippen LogP contribution in [0.2, 0.25) is 0 Å². The topological polar surface area (TPSA) is 47.3 Å². The summed E-state index contributed by atoms with van der Waals surface area (Å²) in [5.74, 6) is 0.807. The first-order valence-electron chi connectivity index (χ1n) is 4.08. The molecular formula is C9H13BrN2O. The molecule has 0 spiro atoms. The molecule has 0 amide bonds. The fourth-order valence-electron chi connectivity index (χ4n) is 1.05. The molecule has 4 heteroatoms. The summed E-state index contributed by atoms with van der Waals surface area (Å²) in [7, 11) is 1.83. The van der Waals surface area contributed by atoms with Gasteiger partial charge in [0.15, 0.2) is 0 Å². The van der Waals surface area contributed by atoms with E-state index in [1.54, 1.807) is 0 Å². The molecule has 0 saturated carbocycles. The third-order valence-electron chi connectivity index (χ3n) is 1.67. The Bertz CT molecular complexity index is 302. The van der Waals surface area contributed by atoms with E-state index in [0.29, 0.717) is 12.3 Å². The Balaban J connectivity index is 3.06. The van der Waals surface area contributed by atoms with Gasteiger partial charge in [-0.15, -0.1) is 0 Å². The zero-order valence-electron chi connectivity index (χ0n) is 7.73. The molecule has 0 aliphatic carbocycles. The van der Waals surface area contributed by atoms with Crippen LogP contribution in [0.1, 0.15) is 6.92 Å². The monoisotopic (exact) mass is 244 g/mol. The van der Waals surface area contributed by atoms with Crippen LogP contribution in [0.15, 0.2) is 16.6 Å². The van der Waals surface area contributed by atoms with Crippen LogP contribution in [0.4, 0.5) is 11.4 Å². The predicted octanol–water partition coefficient (Wildman–Crippen LogP) is 2.47. The highest BCUT2D eigenvalue weighted by Gasteiger charge is 2.05. The summed E-state index contributed by atoms with van der Waals surface area (Å²) in [4.78, 5) is 0. The van der Waals surface area contributed by atoms with E-state index in [2.05, 4.69) is 21.2 Å². The second kappa shape index (κ2) is 4.37. The number of nitrogens with two attached hydrogens (primary N) is 1. The molecule has 3 nitrogen and oxygen atoms in total. The maximum atomic E-state index is 5.75. The van der Waals surface area contributed by atoms with E-state index >= 15 is 0 Å². The molecular weight excluding hydrogens is 232 g/mol. The lowest BCUT2D eigenvalue weighted by molar-refractivity contribution is 0.338. The molecule has 0 saturated heterocycles. The number of nitrogens with one attached hydrogen (secondary N) is 1. The fraction of sp³-hybridized carbons (Fsp3) is 0.333. The number of benzene rings is 1. The highest BCUT2D eigenvalue weighted by molar-refractivity contribution is 9.10. The van der Waals surface area contributed by atoms with Crippen molar-refractivity contribution in [1.29, 1.82) is 0 Å². The Morgan fingerprint density at radius 1 is 1.54 bits per heavy atom. The van der Waals surface area contributed by atoms with Gasteiger partial charge in [-0.2, -0.15) is 0 Å². The van der Waals surface area contributed by atoms with Crippen molar-refractivity contribution < 1.29 is 4.74 Å². The minimum Gasteiger partial charge on any atom is -0.493 e. The third kappa shape index (κ3) is 2.28. The van der Waals surface area contributed by atoms with E-state index in [-0.39, 0.29) is 0 Å². The maximum absolute atomic E-state index is 5.75. The highest BCUT2D eigenvalue weighted by atomic mass is 79.9. The van der Waals surface area contributed by atoms with Crippen molar-refractivity contribution in [2.45, 2.75) is 6.92 Å². The summed E-state index contributed by atoms with van der Waals surface area (Å²) in [5.41, 5.74) is 7.34. The van der Waals surface area contributed by atoms with Gasteiger partial charge in [0.2, 0.25) is 0 Å². The molecule has 0 fully saturated rings. The average molecular weight is 245 g/mol. The van der Waals surface area contributed by atoms with Crippen molar-refractivity contribution in [3.63, 3.8) is 0 Å². The molecule has 0 aliphatic rings. The first-order valence-corrected chi connectivity index (χ1v) is 4.88. The van der Waals surface area contributed by atoms with Gasteiger partial charge in [-0.1, -0.05) is 0 Å². The molecule has 1 aromatic carbocycles. The van der Waals surface area contributed by atoms with Crippen molar-refractivity contribution in [1.82, 2.24) is 0 Å². The summed E-state index contributed by atoms with van der Waals surface area (Å²) < 4.78 is 6.27. The highest BCUT2D eigenvalue weighted by Crippen LogP contribution is 2.32. The van der Waals surface area contributed by atoms with E-state index < -0.39 is 0 Å². The largest absolute Gasteiger partial charge is 0.493 e. The number of nitrogen functional groups attached to an aromatic ring is 1. The molecule has 0 bridgehead atoms. The molecule has 72 valence electrons. The maximum Gasteiger partial charge on any atom is 0.135 e. The van der Waals surface area contributed by atoms with Crippen molar-refractivity contribution in [3.05, 3.63) is 16.6 Å². The molecule has 3 N–H and O–H groups in total. The summed E-state index contributed by atoms with van der Waals surface area (Å²) in [6, 6.07) is 3.71. The van der Waals surface area contributed by atoms with Crippen LogP contribution < -0.4 is 15.8 Å². The van der Waals surface area contributed by atoms with Gasteiger partial charge in [0.1, 0.15) is 5.75 Å². The van der Waals surface area contributed by atoms with Crippen molar-refractivity contribution in [2.24, 2.45) is 0 Å². The van der Waals surface area contributed by atoms with Crippen LogP contribution in [0.3, 0.4) is 0 Å². The number of halogens is 1. The summed E-state index contributed by atoms with van der Waals surface area (Å²) in [5, 5.41) is 3.00. The molecule has 0 aromatic heterocycles. The Labute approximate surface area is 86.4 Å². The molecule has 1 rings (SSSR count). The normalized spacial score (nSPS) is 9.77. The standard InChI is InChI=1S/C9H13BrN2O/c1-3-13-9-5-8(12-2)7(11)4-6(9)10/h4-5,12H,3,11H2,1-2H3. The first-order chi connectivity index (χ1) is 6.19. The van der Waals surface area contributed by atoms with Gasteiger partial charge in [-0.05, 0) is 28.9 Å². The zero-order chi connectivity index (χ0) is 9.84. The van der Waals surface area contributed by atoms with Gasteiger partial charge < -0.3 is 15.8 Å². The Kier molecular flexibility index (Phi) is 3.42. The molecule has 13 heavy (non-hydrogen) atoms. The van der Waals surface area contributed by atoms with Gasteiger partial charge in [0.05, 0.1) is 22.5 Å². The van der Waals surface area contributed by atoms with Gasteiger partial charge in [-0.3, -0.25) is 0 Å². The minimum atomic E-state index is 0.645. The molecule has 0 heterocycles. The van der Waals surface area contributed by atoms with Gasteiger partial charge in [-0.25, -0.2) is 0 Å². The van der Waals surface area contributed by atoms with Crippen LogP contribution in [0, 0.1) is 0 Å². The Morgan fingerprint density at radius 2 is 2.23 bits per heavy atom. The lowest BCUT2D eigenvalue weighted by atomic mass is 10.2. The molecule has 0 atom stereocenters. The van der Waals surface area contributed by atoms with Crippen LogP contribution >= 0.6 is 15.9 Å². The summed E-state index contributed by atoms with van der Waals surface area (Å²) in [6.07, 6.45) is 0. The molecule has 0 radical (unpaired) electrons. The fourth-order valence-corrected chi connectivity index (χ4v) is 1.53. The van der Waals surface area contributed by atoms with Crippen LogP contribution in [-0.2, 0) is 0 Å². The number of hydrogen-bond acceptors (Lipinski definition) is 3. The Hall–Kier alpha value is -0.900. The minimum absolute atomic E-state index is 0.645. The lowest BCUT2D eigenvalue weighted by Crippen LogP contribution is -1.98. The van der Waals surface area contributed by atoms with Crippen LogP contribution in [0.5, 0.6) is 5.75 Å². The number of ether oxygens (including phenoxy) is 1. The van der Waals surface area contributed by atoms with Crippen molar-refractivity contribution in [3.8, 4) is 5.75 Å². The lowest BCUT2D eigenvalue weighted by Gasteiger charge is -2.10. The van der Waals surface area contributed by atoms with Gasteiger partial charge in [0.25, 0.3) is 0 Å². The Morgan fingerprint density at radius 3 is 2.77 bits per heavy atom. The molecule has 0 unspecified atom stereocenters. The van der Waals surface area contributed by atoms with E-state index in [9.17, 15) is 0 Å². The average Bonchev–Trinajstić information content (AvgIpc) is 2.10. The van der Waals surface area contributed by atoms with E-state index in [0.717, 1.165) is 15.9 Å². The quantitative estimate of drug-likeness (QED) is 0.804. The third-order valence-corrected chi connectivity index (χ3v) is 2.29. The smallest absolute Gasteiger partial charge is 0.135 e. The predicted molar refractivity (Wildman–Crippen MR) is 59.3 cm³/mol. The first kappa shape index (κ1) is 10.2. The second-order valence-corrected chi connectivity index (χ2v) is 3.41. The van der Waals surface area contributed by atoms with Gasteiger partial charge >= 0.3 is 0 Å². The van der Waals surface area contributed by atoms with Gasteiger partial charge in [0, 0.05) is 13.1 Å². The molecule has 0 aliphatic heterocycles. The number of rotatable bonds is 3. The summed E-state index contributed by atoms with van der Waals surface area (Å²) in [6.45, 7) is 2.59. The second-order valence-electron chi connectivity index (χ2n) is 2.55. The van der Waals surface area contributed by atoms with E-state index in [1.807, 2.05) is 26.1 Å². The summed E-state index contributed by atoms with van der Waals surface area (Å²) >= 11 is 3.38. The van der Waals surface area contributed by atoms with Crippen LogP contribution in [0.25, 0.3) is 0 Å². The van der Waals surface area contributed by atoms with E-state index in [1.165, 1.54) is 0 Å². The van der Waals surface area contributed by atoms with Crippen molar-refractivity contribution in [2.75, 3.05) is 24.7 Å². The number of hydrogen-bond donors (Lipinski definition) is 2. The number of anilines is 2. The zero-order valence-corrected chi connectivity index (χ0v) is 9.31.